The highest BCUT2D eigenvalue weighted by atomic mass is 16.6. The molecule has 1 heterocycles. The van der Waals surface area contributed by atoms with Crippen LogP contribution in [0.2, 0.25) is 0 Å². The topological polar surface area (TPSA) is 34.5 Å². The lowest BCUT2D eigenvalue weighted by atomic mass is 10.1. The second-order valence-corrected chi connectivity index (χ2v) is 6.59. The molecule has 0 saturated carbocycles. The molecule has 0 saturated heterocycles. The molecule has 1 aromatic carbocycles. The van der Waals surface area contributed by atoms with Gasteiger partial charge in [-0.15, -0.1) is 0 Å². The molecule has 0 unspecified atom stereocenters. The average molecular weight is 300 g/mol. The summed E-state index contributed by atoms with van der Waals surface area (Å²) in [6, 6.07) is 11.9. The van der Waals surface area contributed by atoms with Gasteiger partial charge >= 0.3 is 6.09 Å². The fraction of sp³-hybridized carbons (Fsp3) is 0.389. The lowest BCUT2D eigenvalue weighted by molar-refractivity contribution is 0.0537. The van der Waals surface area contributed by atoms with Crippen LogP contribution in [-0.2, 0) is 4.74 Å². The Morgan fingerprint density at radius 1 is 1.09 bits per heavy atom. The van der Waals surface area contributed by atoms with E-state index in [-0.39, 0.29) is 6.09 Å². The van der Waals surface area contributed by atoms with E-state index in [1.54, 1.807) is 4.57 Å². The van der Waals surface area contributed by atoms with Crippen molar-refractivity contribution in [2.75, 3.05) is 19.0 Å². The van der Waals surface area contributed by atoms with E-state index in [0.717, 1.165) is 22.6 Å². The van der Waals surface area contributed by atoms with E-state index < -0.39 is 5.60 Å². The first-order valence-electron chi connectivity index (χ1n) is 7.39. The van der Waals surface area contributed by atoms with Crippen molar-refractivity contribution in [2.24, 2.45) is 0 Å². The molecule has 4 heteroatoms. The van der Waals surface area contributed by atoms with E-state index in [2.05, 4.69) is 0 Å². The van der Waals surface area contributed by atoms with E-state index in [1.807, 2.05) is 83.1 Å². The number of benzene rings is 1. The molecule has 0 aliphatic heterocycles. The molecule has 1 aromatic heterocycles. The minimum atomic E-state index is -0.522. The number of aromatic nitrogens is 1. The van der Waals surface area contributed by atoms with Gasteiger partial charge in [0.05, 0.1) is 5.69 Å². The quantitative estimate of drug-likeness (QED) is 0.828. The molecular weight excluding hydrogens is 276 g/mol. The van der Waals surface area contributed by atoms with Crippen molar-refractivity contribution < 1.29 is 9.53 Å². The van der Waals surface area contributed by atoms with Gasteiger partial charge in [-0.2, -0.15) is 0 Å². The van der Waals surface area contributed by atoms with Gasteiger partial charge < -0.3 is 9.64 Å². The summed E-state index contributed by atoms with van der Waals surface area (Å²) in [5.41, 5.74) is 3.25. The molecule has 2 aromatic rings. The van der Waals surface area contributed by atoms with Gasteiger partial charge in [0.15, 0.2) is 0 Å². The molecule has 0 aliphatic carbocycles. The van der Waals surface area contributed by atoms with Gasteiger partial charge in [-0.25, -0.2) is 9.36 Å². The summed E-state index contributed by atoms with van der Waals surface area (Å²) in [4.78, 5) is 14.6. The van der Waals surface area contributed by atoms with Gasteiger partial charge in [0.1, 0.15) is 5.60 Å². The predicted octanol–water partition coefficient (Wildman–Crippen LogP) is 4.31. The second kappa shape index (κ2) is 5.87. The van der Waals surface area contributed by atoms with Gasteiger partial charge in [0.2, 0.25) is 0 Å². The van der Waals surface area contributed by atoms with Crippen molar-refractivity contribution >= 4 is 11.8 Å². The van der Waals surface area contributed by atoms with Crippen LogP contribution >= 0.6 is 0 Å². The van der Waals surface area contributed by atoms with Gasteiger partial charge in [0, 0.05) is 31.0 Å². The SMILES string of the molecule is Cc1ccc(-c2ccccc2N(C)C)n1C(=O)OC(C)(C)C. The van der Waals surface area contributed by atoms with Crippen LogP contribution in [0.4, 0.5) is 10.5 Å². The Balaban J connectivity index is 2.53. The number of aryl methyl sites for hydroxylation is 1. The Hall–Kier alpha value is -2.23. The molecule has 22 heavy (non-hydrogen) atoms. The van der Waals surface area contributed by atoms with Crippen molar-refractivity contribution in [3.63, 3.8) is 0 Å². The largest absolute Gasteiger partial charge is 0.443 e. The molecule has 118 valence electrons. The molecular formula is C18H24N2O2. The van der Waals surface area contributed by atoms with Crippen LogP contribution in [0.25, 0.3) is 11.3 Å². The van der Waals surface area contributed by atoms with Gasteiger partial charge in [-0.05, 0) is 45.9 Å². The Morgan fingerprint density at radius 2 is 1.73 bits per heavy atom. The number of carbonyl (C=O) groups excluding carboxylic acids is 1. The average Bonchev–Trinajstić information content (AvgIpc) is 2.78. The number of hydrogen-bond donors (Lipinski definition) is 0. The fourth-order valence-corrected chi connectivity index (χ4v) is 2.38. The third-order valence-corrected chi connectivity index (χ3v) is 3.31. The smallest absolute Gasteiger partial charge is 0.419 e. The molecule has 0 N–H and O–H groups in total. The molecule has 0 atom stereocenters. The van der Waals surface area contributed by atoms with E-state index in [4.69, 9.17) is 4.74 Å². The molecule has 0 spiro atoms. The van der Waals surface area contributed by atoms with Crippen LogP contribution in [0.1, 0.15) is 26.5 Å². The van der Waals surface area contributed by atoms with E-state index in [1.165, 1.54) is 0 Å². The van der Waals surface area contributed by atoms with Crippen LogP contribution in [0, 0.1) is 6.92 Å². The van der Waals surface area contributed by atoms with Crippen LogP contribution < -0.4 is 4.90 Å². The normalized spacial score (nSPS) is 11.4. The summed E-state index contributed by atoms with van der Waals surface area (Å²) < 4.78 is 7.17. The maximum absolute atomic E-state index is 12.5. The highest BCUT2D eigenvalue weighted by Gasteiger charge is 2.22. The first-order chi connectivity index (χ1) is 10.2. The maximum atomic E-state index is 12.5. The predicted molar refractivity (Wildman–Crippen MR) is 90.6 cm³/mol. The first-order valence-corrected chi connectivity index (χ1v) is 7.39. The zero-order valence-corrected chi connectivity index (χ0v) is 14.2. The van der Waals surface area contributed by atoms with Crippen molar-refractivity contribution in [1.29, 1.82) is 0 Å². The number of ether oxygens (including phenoxy) is 1. The Kier molecular flexibility index (Phi) is 4.31. The molecule has 4 nitrogen and oxygen atoms in total. The highest BCUT2D eigenvalue weighted by Crippen LogP contribution is 2.31. The molecule has 2 rings (SSSR count). The standard InChI is InChI=1S/C18H24N2O2/c1-13-11-12-16(20(13)17(21)22-18(2,3)4)14-9-7-8-10-15(14)19(5)6/h7-12H,1-6H3. The Bertz CT molecular complexity index is 679. The van der Waals surface area contributed by atoms with Crippen molar-refractivity contribution in [1.82, 2.24) is 4.57 Å². The van der Waals surface area contributed by atoms with Crippen molar-refractivity contribution in [3.05, 3.63) is 42.1 Å². The number of carbonyl (C=O) groups is 1. The molecule has 0 amide bonds. The molecule has 0 aliphatic rings. The summed E-state index contributed by atoms with van der Waals surface area (Å²) in [7, 11) is 3.99. The van der Waals surface area contributed by atoms with Gasteiger partial charge in [0.25, 0.3) is 0 Å². The van der Waals surface area contributed by atoms with E-state index >= 15 is 0 Å². The molecule has 0 bridgehead atoms. The lowest BCUT2D eigenvalue weighted by Gasteiger charge is -2.22. The summed E-state index contributed by atoms with van der Waals surface area (Å²) >= 11 is 0. The van der Waals surface area contributed by atoms with Gasteiger partial charge in [-0.1, -0.05) is 18.2 Å². The number of nitrogens with zero attached hydrogens (tertiary/aromatic N) is 2. The Labute approximate surface area is 132 Å². The summed E-state index contributed by atoms with van der Waals surface area (Å²) in [6.45, 7) is 7.53. The number of rotatable bonds is 2. The first kappa shape index (κ1) is 16.1. The van der Waals surface area contributed by atoms with Crippen LogP contribution in [0.5, 0.6) is 0 Å². The van der Waals surface area contributed by atoms with Gasteiger partial charge in [-0.3, -0.25) is 0 Å². The zero-order chi connectivity index (χ0) is 16.5. The Morgan fingerprint density at radius 3 is 2.32 bits per heavy atom. The van der Waals surface area contributed by atoms with Crippen LogP contribution in [0.3, 0.4) is 0 Å². The third kappa shape index (κ3) is 3.32. The van der Waals surface area contributed by atoms with Crippen molar-refractivity contribution in [3.8, 4) is 11.3 Å². The summed E-state index contributed by atoms with van der Waals surface area (Å²) in [5, 5.41) is 0. The molecule has 0 radical (unpaired) electrons. The highest BCUT2D eigenvalue weighted by molar-refractivity contribution is 5.84. The fourth-order valence-electron chi connectivity index (χ4n) is 2.38. The number of anilines is 1. The summed E-state index contributed by atoms with van der Waals surface area (Å²) in [6.07, 6.45) is -0.349. The monoisotopic (exact) mass is 300 g/mol. The second-order valence-electron chi connectivity index (χ2n) is 6.59. The third-order valence-electron chi connectivity index (χ3n) is 3.31. The molecule has 0 fully saturated rings. The number of hydrogen-bond acceptors (Lipinski definition) is 3. The maximum Gasteiger partial charge on any atom is 0.419 e. The zero-order valence-electron chi connectivity index (χ0n) is 14.2. The minimum Gasteiger partial charge on any atom is -0.443 e. The lowest BCUT2D eigenvalue weighted by Crippen LogP contribution is -2.28. The van der Waals surface area contributed by atoms with Crippen LogP contribution in [0.15, 0.2) is 36.4 Å². The number of para-hydroxylation sites is 1. The minimum absolute atomic E-state index is 0.349. The van der Waals surface area contributed by atoms with Crippen molar-refractivity contribution in [2.45, 2.75) is 33.3 Å². The van der Waals surface area contributed by atoms with E-state index in [9.17, 15) is 4.79 Å². The van der Waals surface area contributed by atoms with E-state index in [0.29, 0.717) is 0 Å². The summed E-state index contributed by atoms with van der Waals surface area (Å²) in [5.74, 6) is 0. The van der Waals surface area contributed by atoms with Crippen LogP contribution in [-0.4, -0.2) is 30.4 Å².